The number of carbonyl (C=O) groups excluding carboxylic acids is 1. The van der Waals surface area contributed by atoms with E-state index in [1.807, 2.05) is 42.5 Å². The molecule has 2 aromatic rings. The van der Waals surface area contributed by atoms with Crippen LogP contribution >= 0.6 is 0 Å². The predicted octanol–water partition coefficient (Wildman–Crippen LogP) is 4.35. The van der Waals surface area contributed by atoms with Crippen molar-refractivity contribution in [2.75, 3.05) is 7.11 Å². The Kier molecular flexibility index (Phi) is 3.89. The number of methoxy groups -OCH3 is 1. The molecule has 0 bridgehead atoms. The molecule has 0 amide bonds. The lowest BCUT2D eigenvalue weighted by atomic mass is 9.90. The second-order valence-electron chi connectivity index (χ2n) is 5.22. The average molecular weight is 272 g/mol. The van der Waals surface area contributed by atoms with Crippen LogP contribution in [0.25, 0.3) is 16.8 Å². The molecule has 0 unspecified atom stereocenters. The van der Waals surface area contributed by atoms with Gasteiger partial charge < -0.3 is 4.74 Å². The number of hydrogen-bond donors (Lipinski definition) is 0. The van der Waals surface area contributed by atoms with Gasteiger partial charge in [-0.25, -0.2) is 4.39 Å². The number of rotatable bonds is 3. The topological polar surface area (TPSA) is 26.3 Å². The Labute approximate surface area is 117 Å². The van der Waals surface area contributed by atoms with Crippen LogP contribution in [0.3, 0.4) is 0 Å². The minimum absolute atomic E-state index is 0.514. The van der Waals surface area contributed by atoms with Gasteiger partial charge in [0.1, 0.15) is 11.2 Å². The number of ether oxygens (including phenoxy) is 1. The molecule has 0 saturated heterocycles. The van der Waals surface area contributed by atoms with E-state index in [0.717, 1.165) is 16.3 Å². The van der Waals surface area contributed by atoms with Crippen molar-refractivity contribution in [2.45, 2.75) is 13.8 Å². The van der Waals surface area contributed by atoms with Crippen LogP contribution in [0.15, 0.2) is 48.3 Å². The number of esters is 1. The van der Waals surface area contributed by atoms with Crippen LogP contribution in [0.5, 0.6) is 0 Å². The number of hydrogen-bond acceptors (Lipinski definition) is 2. The zero-order chi connectivity index (χ0) is 14.8. The highest BCUT2D eigenvalue weighted by molar-refractivity contribution is 5.85. The first-order valence-electron chi connectivity index (χ1n) is 6.40. The molecule has 3 heteroatoms. The van der Waals surface area contributed by atoms with Gasteiger partial charge in [-0.05, 0) is 42.3 Å². The second kappa shape index (κ2) is 5.45. The molecule has 20 heavy (non-hydrogen) atoms. The average Bonchev–Trinajstić information content (AvgIpc) is 2.46. The molecule has 2 rings (SSSR count). The first kappa shape index (κ1) is 14.3. The minimum Gasteiger partial charge on any atom is -0.468 e. The zero-order valence-corrected chi connectivity index (χ0v) is 11.8. The summed E-state index contributed by atoms with van der Waals surface area (Å²) in [4.78, 5) is 11.6. The molecule has 0 aliphatic heterocycles. The first-order valence-corrected chi connectivity index (χ1v) is 6.40. The molecule has 0 radical (unpaired) electrons. The third kappa shape index (κ3) is 2.72. The van der Waals surface area contributed by atoms with Crippen molar-refractivity contribution in [3.63, 3.8) is 0 Å². The quantitative estimate of drug-likeness (QED) is 0.776. The molecular formula is C17H17FO2. The van der Waals surface area contributed by atoms with Gasteiger partial charge in [-0.3, -0.25) is 4.79 Å². The summed E-state index contributed by atoms with van der Waals surface area (Å²) in [6.45, 7) is 3.01. The maximum Gasteiger partial charge on any atom is 0.318 e. The Morgan fingerprint density at radius 3 is 2.45 bits per heavy atom. The van der Waals surface area contributed by atoms with Gasteiger partial charge in [-0.2, -0.15) is 0 Å². The fourth-order valence-electron chi connectivity index (χ4n) is 1.98. The van der Waals surface area contributed by atoms with Gasteiger partial charge in [-0.15, -0.1) is 0 Å². The Balaban J connectivity index is 2.39. The number of halogens is 1. The summed E-state index contributed by atoms with van der Waals surface area (Å²) in [5, 5.41) is 2.13. The molecule has 2 nitrogen and oxygen atoms in total. The molecule has 104 valence electrons. The van der Waals surface area contributed by atoms with Gasteiger partial charge in [-0.1, -0.05) is 36.4 Å². The monoisotopic (exact) mass is 272 g/mol. The first-order chi connectivity index (χ1) is 9.45. The van der Waals surface area contributed by atoms with Crippen LogP contribution in [0.2, 0.25) is 0 Å². The smallest absolute Gasteiger partial charge is 0.318 e. The Morgan fingerprint density at radius 1 is 1.15 bits per heavy atom. The summed E-state index contributed by atoms with van der Waals surface area (Å²) in [7, 11) is 1.26. The molecule has 0 heterocycles. The molecule has 0 spiro atoms. The fraction of sp³-hybridized carbons (Fsp3) is 0.235. The third-order valence-electron chi connectivity index (χ3n) is 3.36. The molecule has 2 aromatic carbocycles. The molecule has 0 saturated carbocycles. The minimum atomic E-state index is -1.28. The predicted molar refractivity (Wildman–Crippen MR) is 78.8 cm³/mol. The van der Waals surface area contributed by atoms with Crippen molar-refractivity contribution in [1.29, 1.82) is 0 Å². The Morgan fingerprint density at radius 2 is 1.80 bits per heavy atom. The van der Waals surface area contributed by atoms with Gasteiger partial charge in [0.15, 0.2) is 0 Å². The highest BCUT2D eigenvalue weighted by atomic mass is 19.1. The standard InChI is InChI=1S/C17H17FO2/c1-17(2,16(19)20-3)15(18)11-12-8-9-13-6-4-5-7-14(13)10-12/h4-11H,1-3H3/b15-11-. The highest BCUT2D eigenvalue weighted by Crippen LogP contribution is 2.31. The third-order valence-corrected chi connectivity index (χ3v) is 3.36. The summed E-state index contributed by atoms with van der Waals surface area (Å²) >= 11 is 0. The van der Waals surface area contributed by atoms with E-state index in [1.54, 1.807) is 0 Å². The second-order valence-corrected chi connectivity index (χ2v) is 5.22. The van der Waals surface area contributed by atoms with Crippen molar-refractivity contribution in [1.82, 2.24) is 0 Å². The van der Waals surface area contributed by atoms with Crippen molar-refractivity contribution in [3.05, 3.63) is 53.9 Å². The van der Waals surface area contributed by atoms with Crippen LogP contribution in [0.1, 0.15) is 19.4 Å². The van der Waals surface area contributed by atoms with Crippen LogP contribution in [-0.4, -0.2) is 13.1 Å². The maximum absolute atomic E-state index is 14.3. The zero-order valence-electron chi connectivity index (χ0n) is 11.8. The SMILES string of the molecule is COC(=O)C(C)(C)/C(F)=C/c1ccc2ccccc2c1. The van der Waals surface area contributed by atoms with E-state index in [1.165, 1.54) is 27.0 Å². The Hall–Kier alpha value is -2.16. The van der Waals surface area contributed by atoms with E-state index >= 15 is 0 Å². The molecule has 0 atom stereocenters. The van der Waals surface area contributed by atoms with Gasteiger partial charge in [0.25, 0.3) is 0 Å². The molecule has 0 fully saturated rings. The lowest BCUT2D eigenvalue weighted by Gasteiger charge is -2.19. The van der Waals surface area contributed by atoms with Crippen molar-refractivity contribution >= 4 is 22.8 Å². The molecule has 0 N–H and O–H groups in total. The van der Waals surface area contributed by atoms with Gasteiger partial charge >= 0.3 is 5.97 Å². The number of benzene rings is 2. The Bertz CT molecular complexity index is 671. The highest BCUT2D eigenvalue weighted by Gasteiger charge is 2.33. The van der Waals surface area contributed by atoms with Gasteiger partial charge in [0.05, 0.1) is 7.11 Å². The van der Waals surface area contributed by atoms with Crippen molar-refractivity contribution in [2.24, 2.45) is 5.41 Å². The summed E-state index contributed by atoms with van der Waals surface area (Å²) in [5.41, 5.74) is -0.557. The van der Waals surface area contributed by atoms with Crippen LogP contribution < -0.4 is 0 Å². The van der Waals surface area contributed by atoms with E-state index in [9.17, 15) is 9.18 Å². The van der Waals surface area contributed by atoms with E-state index in [0.29, 0.717) is 0 Å². The number of carbonyl (C=O) groups is 1. The fourth-order valence-corrected chi connectivity index (χ4v) is 1.98. The summed E-state index contributed by atoms with van der Waals surface area (Å²) in [5.74, 6) is -1.10. The lowest BCUT2D eigenvalue weighted by Crippen LogP contribution is -2.26. The van der Waals surface area contributed by atoms with Gasteiger partial charge in [0.2, 0.25) is 0 Å². The molecule has 0 aromatic heterocycles. The molecule has 0 aliphatic rings. The van der Waals surface area contributed by atoms with Crippen LogP contribution in [-0.2, 0) is 9.53 Å². The number of fused-ring (bicyclic) bond motifs is 1. The van der Waals surface area contributed by atoms with E-state index in [4.69, 9.17) is 0 Å². The van der Waals surface area contributed by atoms with E-state index in [-0.39, 0.29) is 0 Å². The van der Waals surface area contributed by atoms with Gasteiger partial charge in [0, 0.05) is 0 Å². The van der Waals surface area contributed by atoms with Crippen LogP contribution in [0.4, 0.5) is 4.39 Å². The van der Waals surface area contributed by atoms with Crippen LogP contribution in [0, 0.1) is 5.41 Å². The largest absolute Gasteiger partial charge is 0.468 e. The normalized spacial score (nSPS) is 12.5. The van der Waals surface area contributed by atoms with E-state index in [2.05, 4.69) is 4.74 Å². The summed E-state index contributed by atoms with van der Waals surface area (Å²) in [6, 6.07) is 13.5. The molecular weight excluding hydrogens is 255 g/mol. The lowest BCUT2D eigenvalue weighted by molar-refractivity contribution is -0.149. The maximum atomic E-state index is 14.3. The van der Waals surface area contributed by atoms with Crippen molar-refractivity contribution in [3.8, 4) is 0 Å². The summed E-state index contributed by atoms with van der Waals surface area (Å²) < 4.78 is 18.9. The van der Waals surface area contributed by atoms with Crippen molar-refractivity contribution < 1.29 is 13.9 Å². The molecule has 0 aliphatic carbocycles. The summed E-state index contributed by atoms with van der Waals surface area (Å²) in [6.07, 6.45) is 1.38. The van der Waals surface area contributed by atoms with E-state index < -0.39 is 17.2 Å².